The van der Waals surface area contributed by atoms with Crippen LogP contribution in [0.25, 0.3) is 0 Å². The molecular formula is C3H5CuO3P. The van der Waals surface area contributed by atoms with Crippen LogP contribution >= 0.6 is 7.60 Å². The summed E-state index contributed by atoms with van der Waals surface area (Å²) in [5.41, 5.74) is 0. The Kier molecular flexibility index (Phi) is 6.05. The molecular weight excluding hydrogens is 179 g/mol. The van der Waals surface area contributed by atoms with Crippen molar-refractivity contribution in [1.29, 1.82) is 0 Å². The van der Waals surface area contributed by atoms with Crippen LogP contribution in [0.15, 0.2) is 12.7 Å². The first-order valence-corrected chi connectivity index (χ1v) is 3.41. The third-order valence-electron chi connectivity index (χ3n) is 0.353. The third kappa shape index (κ3) is 9.65. The van der Waals surface area contributed by atoms with Crippen LogP contribution < -0.4 is 9.79 Å². The van der Waals surface area contributed by atoms with E-state index < -0.39 is 13.8 Å². The molecule has 0 spiro atoms. The van der Waals surface area contributed by atoms with Gasteiger partial charge in [0.25, 0.3) is 0 Å². The SMILES string of the molecule is C=CCP(=O)([O-])[O-].[Cu+2]. The average Bonchev–Trinajstić information content (AvgIpc) is 1.30. The fraction of sp³-hybridized carbons (Fsp3) is 0.333. The maximum atomic E-state index is 9.63. The van der Waals surface area contributed by atoms with Crippen LogP contribution in [-0.2, 0) is 21.6 Å². The first-order valence-electron chi connectivity index (χ1n) is 1.68. The Bertz CT molecular complexity index is 107. The Morgan fingerprint density at radius 3 is 2.00 bits per heavy atom. The second kappa shape index (κ2) is 4.30. The molecule has 51 valence electrons. The van der Waals surface area contributed by atoms with E-state index in [0.717, 1.165) is 6.08 Å². The van der Waals surface area contributed by atoms with Gasteiger partial charge in [0.1, 0.15) is 0 Å². The third-order valence-corrected chi connectivity index (χ3v) is 1.06. The maximum absolute atomic E-state index is 9.63. The summed E-state index contributed by atoms with van der Waals surface area (Å²) in [6, 6.07) is 0. The van der Waals surface area contributed by atoms with Gasteiger partial charge in [0.05, 0.1) is 0 Å². The van der Waals surface area contributed by atoms with Crippen LogP contribution in [0.2, 0.25) is 0 Å². The smallest absolute Gasteiger partial charge is 0.811 e. The molecule has 0 aromatic rings. The molecule has 0 N–H and O–H groups in total. The summed E-state index contributed by atoms with van der Waals surface area (Å²) in [7, 11) is -4.28. The molecule has 0 rings (SSSR count). The summed E-state index contributed by atoms with van der Waals surface area (Å²) in [6.07, 6.45) is 0.619. The summed E-state index contributed by atoms with van der Waals surface area (Å²) in [6.45, 7) is 3.07. The Labute approximate surface area is 58.4 Å². The summed E-state index contributed by atoms with van der Waals surface area (Å²) >= 11 is 0. The Morgan fingerprint density at radius 2 is 2.00 bits per heavy atom. The molecule has 8 heavy (non-hydrogen) atoms. The normalized spacial score (nSPS) is 9.75. The average molecular weight is 184 g/mol. The topological polar surface area (TPSA) is 63.2 Å². The number of hydrogen-bond donors (Lipinski definition) is 0. The van der Waals surface area contributed by atoms with Crippen molar-refractivity contribution in [2.24, 2.45) is 0 Å². The molecule has 0 atom stereocenters. The molecule has 0 aromatic heterocycles. The fourth-order valence-electron chi connectivity index (χ4n) is 0.158. The predicted molar refractivity (Wildman–Crippen MR) is 22.7 cm³/mol. The van der Waals surface area contributed by atoms with Crippen LogP contribution in [-0.4, -0.2) is 6.16 Å². The van der Waals surface area contributed by atoms with E-state index in [4.69, 9.17) is 0 Å². The first kappa shape index (κ1) is 11.2. The van der Waals surface area contributed by atoms with E-state index in [0.29, 0.717) is 0 Å². The molecule has 0 aliphatic heterocycles. The van der Waals surface area contributed by atoms with Gasteiger partial charge in [0.15, 0.2) is 0 Å². The molecule has 0 amide bonds. The summed E-state index contributed by atoms with van der Waals surface area (Å²) in [4.78, 5) is 19.3. The van der Waals surface area contributed by atoms with Crippen LogP contribution in [0.1, 0.15) is 0 Å². The molecule has 3 nitrogen and oxygen atoms in total. The van der Waals surface area contributed by atoms with Gasteiger partial charge < -0.3 is 14.4 Å². The van der Waals surface area contributed by atoms with Gasteiger partial charge in [-0.3, -0.25) is 0 Å². The van der Waals surface area contributed by atoms with Gasteiger partial charge in [-0.1, -0.05) is 13.7 Å². The molecule has 0 unspecified atom stereocenters. The van der Waals surface area contributed by atoms with Crippen molar-refractivity contribution >= 4 is 7.60 Å². The van der Waals surface area contributed by atoms with Crippen molar-refractivity contribution in [2.45, 2.75) is 0 Å². The van der Waals surface area contributed by atoms with Crippen LogP contribution in [0.3, 0.4) is 0 Å². The zero-order valence-corrected chi connectivity index (χ0v) is 5.80. The van der Waals surface area contributed by atoms with E-state index in [-0.39, 0.29) is 17.1 Å². The molecule has 0 bridgehead atoms. The Hall–Kier alpha value is 0.409. The second-order valence-electron chi connectivity index (χ2n) is 1.08. The molecule has 1 radical (unpaired) electrons. The Morgan fingerprint density at radius 1 is 1.62 bits per heavy atom. The molecule has 0 saturated heterocycles. The summed E-state index contributed by atoms with van der Waals surface area (Å²) in [5, 5.41) is 0. The van der Waals surface area contributed by atoms with Gasteiger partial charge in [-0.2, -0.15) is 0 Å². The second-order valence-corrected chi connectivity index (χ2v) is 2.67. The fourth-order valence-corrected chi connectivity index (χ4v) is 0.474. The Balaban J connectivity index is 0. The van der Waals surface area contributed by atoms with Gasteiger partial charge in [-0.05, 0) is 6.16 Å². The van der Waals surface area contributed by atoms with Crippen LogP contribution in [0, 0.1) is 0 Å². The minimum Gasteiger partial charge on any atom is -0.811 e. The predicted octanol–water partition coefficient (Wildman–Crippen LogP) is -0.916. The van der Waals surface area contributed by atoms with E-state index >= 15 is 0 Å². The van der Waals surface area contributed by atoms with E-state index in [1.54, 1.807) is 0 Å². The van der Waals surface area contributed by atoms with E-state index in [2.05, 4.69) is 6.58 Å². The number of allylic oxidation sites excluding steroid dienone is 1. The molecule has 0 aliphatic rings. The van der Waals surface area contributed by atoms with Crippen molar-refractivity contribution in [3.8, 4) is 0 Å². The minimum absolute atomic E-state index is 0. The summed E-state index contributed by atoms with van der Waals surface area (Å²) in [5.74, 6) is 0. The molecule has 0 saturated carbocycles. The maximum Gasteiger partial charge on any atom is 2.00 e. The van der Waals surface area contributed by atoms with Gasteiger partial charge >= 0.3 is 17.1 Å². The van der Waals surface area contributed by atoms with E-state index in [1.165, 1.54) is 0 Å². The van der Waals surface area contributed by atoms with Crippen LogP contribution in [0.4, 0.5) is 0 Å². The van der Waals surface area contributed by atoms with Crippen molar-refractivity contribution in [3.63, 3.8) is 0 Å². The number of rotatable bonds is 2. The standard InChI is InChI=1S/C3H7O3P.Cu/c1-2-3-7(4,5)6;/h2H,1,3H2,(H2,4,5,6);/q;+2/p-2. The van der Waals surface area contributed by atoms with Gasteiger partial charge in [-0.25, -0.2) is 0 Å². The van der Waals surface area contributed by atoms with Gasteiger partial charge in [0, 0.05) is 0 Å². The van der Waals surface area contributed by atoms with Crippen molar-refractivity contribution < 1.29 is 31.4 Å². The van der Waals surface area contributed by atoms with E-state index in [9.17, 15) is 14.4 Å². The van der Waals surface area contributed by atoms with Crippen molar-refractivity contribution in [1.82, 2.24) is 0 Å². The molecule has 0 heterocycles. The first-order chi connectivity index (χ1) is 3.06. The van der Waals surface area contributed by atoms with Crippen molar-refractivity contribution in [2.75, 3.05) is 6.16 Å². The monoisotopic (exact) mass is 183 g/mol. The zero-order chi connectivity index (χ0) is 5.91. The van der Waals surface area contributed by atoms with Gasteiger partial charge in [0.2, 0.25) is 0 Å². The van der Waals surface area contributed by atoms with Crippen molar-refractivity contribution in [3.05, 3.63) is 12.7 Å². The molecule has 0 fully saturated rings. The quantitative estimate of drug-likeness (QED) is 0.316. The zero-order valence-electron chi connectivity index (χ0n) is 3.97. The summed E-state index contributed by atoms with van der Waals surface area (Å²) < 4.78 is 9.63. The number of hydrogen-bond acceptors (Lipinski definition) is 3. The van der Waals surface area contributed by atoms with E-state index in [1.807, 2.05) is 0 Å². The molecule has 0 aromatic carbocycles. The molecule has 0 aliphatic carbocycles. The minimum atomic E-state index is -4.28. The molecule has 5 heteroatoms. The van der Waals surface area contributed by atoms with Gasteiger partial charge in [-0.15, -0.1) is 6.58 Å². The van der Waals surface area contributed by atoms with Crippen LogP contribution in [0.5, 0.6) is 0 Å². The largest absolute Gasteiger partial charge is 2.00 e.